The fourth-order valence-corrected chi connectivity index (χ4v) is 5.60. The van der Waals surface area contributed by atoms with Crippen LogP contribution in [0.4, 0.5) is 0 Å². The minimum absolute atomic E-state index is 0.368. The first-order valence-corrected chi connectivity index (χ1v) is 10.7. The second-order valence-corrected chi connectivity index (χ2v) is 9.05. The lowest BCUT2D eigenvalue weighted by molar-refractivity contribution is -0.153. The fraction of sp³-hybridized carbons (Fsp3) is 0.727. The zero-order valence-corrected chi connectivity index (χ0v) is 17.1. The van der Waals surface area contributed by atoms with E-state index in [0.29, 0.717) is 29.8 Å². The van der Waals surface area contributed by atoms with Gasteiger partial charge in [-0.1, -0.05) is 13.0 Å². The van der Waals surface area contributed by atoms with Crippen LogP contribution in [0.2, 0.25) is 0 Å². The lowest BCUT2D eigenvalue weighted by atomic mass is 9.72. The maximum absolute atomic E-state index is 12.8. The van der Waals surface area contributed by atoms with Crippen LogP contribution in [0, 0.1) is 11.8 Å². The molecule has 3 aliphatic rings. The van der Waals surface area contributed by atoms with Crippen LogP contribution in [0.1, 0.15) is 43.9 Å². The molecule has 4 atom stereocenters. The van der Waals surface area contributed by atoms with Gasteiger partial charge in [-0.3, -0.25) is 14.7 Å². The molecule has 0 N–H and O–H groups in total. The van der Waals surface area contributed by atoms with E-state index < -0.39 is 0 Å². The summed E-state index contributed by atoms with van der Waals surface area (Å²) < 4.78 is 0. The van der Waals surface area contributed by atoms with Crippen molar-refractivity contribution in [3.05, 3.63) is 29.6 Å². The second-order valence-electron chi connectivity index (χ2n) is 9.05. The lowest BCUT2D eigenvalue weighted by Gasteiger charge is -2.57. The van der Waals surface area contributed by atoms with E-state index in [4.69, 9.17) is 0 Å². The summed E-state index contributed by atoms with van der Waals surface area (Å²) >= 11 is 0. The minimum atomic E-state index is 0.368. The van der Waals surface area contributed by atoms with Gasteiger partial charge in [-0.25, -0.2) is 0 Å². The molecule has 148 valence electrons. The van der Waals surface area contributed by atoms with Crippen LogP contribution < -0.4 is 0 Å². The number of nitrogens with zero attached hydrogens (tertiary/aromatic N) is 4. The van der Waals surface area contributed by atoms with E-state index in [1.54, 1.807) is 0 Å². The molecular formula is C22H34N4O. The third-order valence-corrected chi connectivity index (χ3v) is 6.80. The molecule has 0 aliphatic carbocycles. The largest absolute Gasteiger partial charge is 0.335 e. The first kappa shape index (κ1) is 18.9. The van der Waals surface area contributed by atoms with Crippen molar-refractivity contribution in [3.63, 3.8) is 0 Å². The maximum atomic E-state index is 12.8. The van der Waals surface area contributed by atoms with Gasteiger partial charge >= 0.3 is 0 Å². The van der Waals surface area contributed by atoms with Gasteiger partial charge in [0, 0.05) is 50.9 Å². The van der Waals surface area contributed by atoms with Gasteiger partial charge in [-0.05, 0) is 63.2 Å². The number of amides is 1. The number of aryl methyl sites for hydroxylation is 1. The van der Waals surface area contributed by atoms with Gasteiger partial charge in [0.15, 0.2) is 0 Å². The van der Waals surface area contributed by atoms with Crippen molar-refractivity contribution in [2.75, 3.05) is 33.7 Å². The number of likely N-dealkylation sites (tertiary alicyclic amines) is 1. The highest BCUT2D eigenvalue weighted by molar-refractivity contribution is 5.78. The van der Waals surface area contributed by atoms with Crippen molar-refractivity contribution in [2.45, 2.75) is 57.7 Å². The number of likely N-dealkylation sites (N-methyl/N-ethyl adjacent to an activating group) is 1. The van der Waals surface area contributed by atoms with Crippen LogP contribution >= 0.6 is 0 Å². The quantitative estimate of drug-likeness (QED) is 0.798. The van der Waals surface area contributed by atoms with Gasteiger partial charge in [-0.2, -0.15) is 0 Å². The highest BCUT2D eigenvalue weighted by Crippen LogP contribution is 2.41. The molecular weight excluding hydrogens is 336 g/mol. The summed E-state index contributed by atoms with van der Waals surface area (Å²) in [5.74, 6) is 1.61. The fourth-order valence-electron chi connectivity index (χ4n) is 5.60. The molecule has 3 saturated heterocycles. The van der Waals surface area contributed by atoms with Crippen LogP contribution in [-0.2, 0) is 17.8 Å². The van der Waals surface area contributed by atoms with Crippen LogP contribution in [0.3, 0.4) is 0 Å². The number of aromatic nitrogens is 1. The Morgan fingerprint density at radius 1 is 1.22 bits per heavy atom. The Bertz CT molecular complexity index is 659. The molecule has 5 heteroatoms. The maximum Gasteiger partial charge on any atom is 0.223 e. The van der Waals surface area contributed by atoms with E-state index in [0.717, 1.165) is 45.4 Å². The third kappa shape index (κ3) is 3.90. The smallest absolute Gasteiger partial charge is 0.223 e. The summed E-state index contributed by atoms with van der Waals surface area (Å²) in [5, 5.41) is 0. The average Bonchev–Trinajstić information content (AvgIpc) is 2.65. The molecule has 0 radical (unpaired) electrons. The minimum Gasteiger partial charge on any atom is -0.335 e. The molecule has 0 aromatic carbocycles. The van der Waals surface area contributed by atoms with Crippen molar-refractivity contribution < 1.29 is 4.79 Å². The number of fused-ring (bicyclic) bond motifs is 4. The number of rotatable bonds is 5. The number of carbonyl (C=O) groups excluding carboxylic acids is 1. The van der Waals surface area contributed by atoms with Gasteiger partial charge in [0.05, 0.1) is 5.69 Å². The lowest BCUT2D eigenvalue weighted by Crippen LogP contribution is -2.66. The second kappa shape index (κ2) is 7.88. The van der Waals surface area contributed by atoms with Crippen molar-refractivity contribution in [3.8, 4) is 0 Å². The predicted octanol–water partition coefficient (Wildman–Crippen LogP) is 2.41. The molecule has 1 aromatic heterocycles. The van der Waals surface area contributed by atoms with Crippen molar-refractivity contribution in [1.29, 1.82) is 0 Å². The Balaban J connectivity index is 1.52. The van der Waals surface area contributed by atoms with Crippen molar-refractivity contribution >= 4 is 5.91 Å². The van der Waals surface area contributed by atoms with E-state index in [2.05, 4.69) is 52.8 Å². The summed E-state index contributed by atoms with van der Waals surface area (Å²) in [5.41, 5.74) is 2.48. The van der Waals surface area contributed by atoms with Gasteiger partial charge in [0.25, 0.3) is 0 Å². The van der Waals surface area contributed by atoms with Crippen molar-refractivity contribution in [1.82, 2.24) is 19.7 Å². The zero-order valence-electron chi connectivity index (χ0n) is 17.1. The van der Waals surface area contributed by atoms with Crippen LogP contribution in [0.15, 0.2) is 18.3 Å². The van der Waals surface area contributed by atoms with Crippen LogP contribution in [-0.4, -0.2) is 71.4 Å². The van der Waals surface area contributed by atoms with E-state index >= 15 is 0 Å². The van der Waals surface area contributed by atoms with Crippen LogP contribution in [0.25, 0.3) is 0 Å². The zero-order chi connectivity index (χ0) is 19.0. The summed E-state index contributed by atoms with van der Waals surface area (Å²) in [7, 11) is 4.27. The molecule has 3 fully saturated rings. The van der Waals surface area contributed by atoms with Gasteiger partial charge in [-0.15, -0.1) is 0 Å². The number of pyridine rings is 1. The molecule has 1 amide bonds. The summed E-state index contributed by atoms with van der Waals surface area (Å²) in [6.45, 7) is 6.29. The van der Waals surface area contributed by atoms with E-state index in [1.165, 1.54) is 24.1 Å². The van der Waals surface area contributed by atoms with E-state index in [9.17, 15) is 4.79 Å². The molecule has 0 spiro atoms. The Morgan fingerprint density at radius 2 is 2.04 bits per heavy atom. The normalized spacial score (nSPS) is 31.3. The molecule has 0 saturated carbocycles. The topological polar surface area (TPSA) is 39.7 Å². The predicted molar refractivity (Wildman–Crippen MR) is 107 cm³/mol. The summed E-state index contributed by atoms with van der Waals surface area (Å²) in [4.78, 5) is 24.6. The Kier molecular flexibility index (Phi) is 5.51. The third-order valence-electron chi connectivity index (χ3n) is 6.80. The van der Waals surface area contributed by atoms with Gasteiger partial charge in [0.2, 0.25) is 5.91 Å². The molecule has 0 unspecified atom stereocenters. The summed E-state index contributed by atoms with van der Waals surface area (Å²) in [6.07, 6.45) is 7.35. The molecule has 2 bridgehead atoms. The first-order valence-electron chi connectivity index (χ1n) is 10.7. The Morgan fingerprint density at radius 3 is 2.74 bits per heavy atom. The van der Waals surface area contributed by atoms with Crippen molar-refractivity contribution in [2.24, 2.45) is 11.8 Å². The molecule has 5 nitrogen and oxygen atoms in total. The number of piperidine rings is 3. The SMILES string of the molecule is CCc1ccc(CN2C[C@H]3C[C@@H](C2)[C@H](CN(C)C)N2C(=O)CCC[C@@H]32)nc1. The van der Waals surface area contributed by atoms with Gasteiger partial charge < -0.3 is 9.80 Å². The van der Waals surface area contributed by atoms with Crippen LogP contribution in [0.5, 0.6) is 0 Å². The Labute approximate surface area is 163 Å². The summed E-state index contributed by atoms with van der Waals surface area (Å²) in [6, 6.07) is 5.22. The number of hydrogen-bond donors (Lipinski definition) is 0. The first-order chi connectivity index (χ1) is 13.0. The van der Waals surface area contributed by atoms with E-state index in [1.807, 2.05) is 6.20 Å². The monoisotopic (exact) mass is 370 g/mol. The molecule has 1 aromatic rings. The van der Waals surface area contributed by atoms with E-state index in [-0.39, 0.29) is 0 Å². The number of carbonyl (C=O) groups is 1. The number of hydrogen-bond acceptors (Lipinski definition) is 4. The van der Waals surface area contributed by atoms with Gasteiger partial charge in [0.1, 0.15) is 0 Å². The highest BCUT2D eigenvalue weighted by Gasteiger charge is 2.49. The average molecular weight is 371 g/mol. The molecule has 4 heterocycles. The standard InChI is InChI=1S/C22H34N4O/c1-4-16-8-9-19(23-11-16)14-25-12-17-10-18(13-25)21(15-24(2)3)26-20(17)6-5-7-22(26)27/h8-9,11,17-18,20-21H,4-7,10,12-15H2,1-3H3/t17-,18+,20+,21+/m1/s1. The molecule has 4 rings (SSSR count). The Hall–Kier alpha value is -1.46. The molecule has 3 aliphatic heterocycles. The highest BCUT2D eigenvalue weighted by atomic mass is 16.2. The molecule has 27 heavy (non-hydrogen) atoms.